The molecule has 2 aromatic rings. The molecule has 1 heterocycles. The van der Waals surface area contributed by atoms with E-state index < -0.39 is 0 Å². The largest absolute Gasteiger partial charge is 0.338 e. The molecule has 2 N–H and O–H groups in total. The maximum atomic E-state index is 11.3. The summed E-state index contributed by atoms with van der Waals surface area (Å²) in [7, 11) is 0. The van der Waals surface area contributed by atoms with Crippen molar-refractivity contribution in [2.45, 2.75) is 13.8 Å². The second-order valence-electron chi connectivity index (χ2n) is 3.81. The van der Waals surface area contributed by atoms with Crippen molar-refractivity contribution >= 4 is 23.1 Å². The molecule has 0 radical (unpaired) electrons. The number of thiazole rings is 1. The SMILES string of the molecule is CCNC(=O)Nc1ccc(-c2csc(C)n2)cc1. The molecule has 0 aliphatic carbocycles. The number of aromatic nitrogens is 1. The highest BCUT2D eigenvalue weighted by Gasteiger charge is 2.03. The van der Waals surface area contributed by atoms with Crippen LogP contribution in [0.2, 0.25) is 0 Å². The fourth-order valence-corrected chi connectivity index (χ4v) is 2.18. The second kappa shape index (κ2) is 5.64. The van der Waals surface area contributed by atoms with Gasteiger partial charge in [0, 0.05) is 23.2 Å². The summed E-state index contributed by atoms with van der Waals surface area (Å²) in [4.78, 5) is 15.8. The van der Waals surface area contributed by atoms with Crippen molar-refractivity contribution in [2.24, 2.45) is 0 Å². The minimum absolute atomic E-state index is 0.185. The van der Waals surface area contributed by atoms with Crippen LogP contribution in [0.25, 0.3) is 11.3 Å². The summed E-state index contributed by atoms with van der Waals surface area (Å²) in [6.07, 6.45) is 0. The van der Waals surface area contributed by atoms with Crippen LogP contribution in [-0.4, -0.2) is 17.6 Å². The highest BCUT2D eigenvalue weighted by Crippen LogP contribution is 2.22. The number of carbonyl (C=O) groups excluding carboxylic acids is 1. The van der Waals surface area contributed by atoms with Crippen LogP contribution < -0.4 is 10.6 Å². The third-order valence-corrected chi connectivity index (χ3v) is 3.17. The Morgan fingerprint density at radius 2 is 2.06 bits per heavy atom. The van der Waals surface area contributed by atoms with Gasteiger partial charge in [-0.15, -0.1) is 11.3 Å². The van der Waals surface area contributed by atoms with E-state index in [0.29, 0.717) is 6.54 Å². The molecule has 5 heteroatoms. The number of hydrogen-bond donors (Lipinski definition) is 2. The van der Waals surface area contributed by atoms with Gasteiger partial charge in [0.1, 0.15) is 0 Å². The zero-order chi connectivity index (χ0) is 13.0. The smallest absolute Gasteiger partial charge is 0.319 e. The Balaban J connectivity index is 2.08. The van der Waals surface area contributed by atoms with E-state index in [2.05, 4.69) is 15.6 Å². The van der Waals surface area contributed by atoms with Crippen molar-refractivity contribution in [3.05, 3.63) is 34.7 Å². The van der Waals surface area contributed by atoms with Crippen LogP contribution in [0, 0.1) is 6.92 Å². The Morgan fingerprint density at radius 1 is 1.33 bits per heavy atom. The molecule has 18 heavy (non-hydrogen) atoms. The van der Waals surface area contributed by atoms with Crippen LogP contribution in [-0.2, 0) is 0 Å². The molecule has 0 saturated carbocycles. The molecule has 1 aromatic heterocycles. The van der Waals surface area contributed by atoms with Crippen molar-refractivity contribution in [2.75, 3.05) is 11.9 Å². The number of urea groups is 1. The Morgan fingerprint density at radius 3 is 2.61 bits per heavy atom. The lowest BCUT2D eigenvalue weighted by Crippen LogP contribution is -2.28. The molecule has 0 saturated heterocycles. The summed E-state index contributed by atoms with van der Waals surface area (Å²) in [5.74, 6) is 0. The number of carbonyl (C=O) groups is 1. The van der Waals surface area contributed by atoms with Crippen LogP contribution in [0.5, 0.6) is 0 Å². The first-order valence-electron chi connectivity index (χ1n) is 5.76. The lowest BCUT2D eigenvalue weighted by atomic mass is 10.1. The normalized spacial score (nSPS) is 10.1. The number of benzene rings is 1. The van der Waals surface area contributed by atoms with Crippen LogP contribution in [0.3, 0.4) is 0 Å². The minimum Gasteiger partial charge on any atom is -0.338 e. The first-order valence-corrected chi connectivity index (χ1v) is 6.64. The van der Waals surface area contributed by atoms with Gasteiger partial charge in [0.05, 0.1) is 10.7 Å². The summed E-state index contributed by atoms with van der Waals surface area (Å²) in [6.45, 7) is 4.48. The molecule has 0 aliphatic heterocycles. The molecule has 94 valence electrons. The lowest BCUT2D eigenvalue weighted by molar-refractivity contribution is 0.252. The average Bonchev–Trinajstić information content (AvgIpc) is 2.77. The van der Waals surface area contributed by atoms with Crippen molar-refractivity contribution in [3.63, 3.8) is 0 Å². The van der Waals surface area contributed by atoms with E-state index in [4.69, 9.17) is 0 Å². The van der Waals surface area contributed by atoms with E-state index in [-0.39, 0.29) is 6.03 Å². The van der Waals surface area contributed by atoms with E-state index in [0.717, 1.165) is 22.0 Å². The standard InChI is InChI=1S/C13H15N3OS/c1-3-14-13(17)16-11-6-4-10(5-7-11)12-8-18-9(2)15-12/h4-8H,3H2,1-2H3,(H2,14,16,17). The summed E-state index contributed by atoms with van der Waals surface area (Å²) in [5, 5.41) is 8.52. The quantitative estimate of drug-likeness (QED) is 0.891. The van der Waals surface area contributed by atoms with Gasteiger partial charge in [0.15, 0.2) is 0 Å². The molecule has 4 nitrogen and oxygen atoms in total. The number of rotatable bonds is 3. The molecule has 0 spiro atoms. The zero-order valence-corrected chi connectivity index (χ0v) is 11.2. The summed E-state index contributed by atoms with van der Waals surface area (Å²) < 4.78 is 0. The van der Waals surface area contributed by atoms with E-state index in [1.807, 2.05) is 43.5 Å². The number of anilines is 1. The molecule has 0 bridgehead atoms. The fraction of sp³-hybridized carbons (Fsp3) is 0.231. The van der Waals surface area contributed by atoms with Gasteiger partial charge in [-0.05, 0) is 26.0 Å². The molecule has 2 rings (SSSR count). The van der Waals surface area contributed by atoms with Gasteiger partial charge in [-0.1, -0.05) is 12.1 Å². The van der Waals surface area contributed by atoms with Gasteiger partial charge in [0.25, 0.3) is 0 Å². The predicted molar refractivity (Wildman–Crippen MR) is 75.0 cm³/mol. The Hall–Kier alpha value is -1.88. The Kier molecular flexibility index (Phi) is 3.94. The molecule has 1 aromatic carbocycles. The molecule has 0 fully saturated rings. The van der Waals surface area contributed by atoms with Crippen LogP contribution >= 0.6 is 11.3 Å². The monoisotopic (exact) mass is 261 g/mol. The lowest BCUT2D eigenvalue weighted by Gasteiger charge is -2.06. The van der Waals surface area contributed by atoms with Gasteiger partial charge in [-0.2, -0.15) is 0 Å². The second-order valence-corrected chi connectivity index (χ2v) is 4.88. The molecule has 2 amide bonds. The van der Waals surface area contributed by atoms with Gasteiger partial charge < -0.3 is 10.6 Å². The molecule has 0 aliphatic rings. The number of nitrogens with one attached hydrogen (secondary N) is 2. The fourth-order valence-electron chi connectivity index (χ4n) is 1.56. The van der Waals surface area contributed by atoms with Crippen LogP contribution in [0.1, 0.15) is 11.9 Å². The van der Waals surface area contributed by atoms with Gasteiger partial charge in [0.2, 0.25) is 0 Å². The Labute approximate surface area is 110 Å². The maximum absolute atomic E-state index is 11.3. The van der Waals surface area contributed by atoms with E-state index in [9.17, 15) is 4.79 Å². The molecular weight excluding hydrogens is 246 g/mol. The minimum atomic E-state index is -0.185. The number of hydrogen-bond acceptors (Lipinski definition) is 3. The molecular formula is C13H15N3OS. The summed E-state index contributed by atoms with van der Waals surface area (Å²) in [6, 6.07) is 7.47. The number of aryl methyl sites for hydroxylation is 1. The third kappa shape index (κ3) is 3.07. The van der Waals surface area contributed by atoms with Crippen molar-refractivity contribution in [1.82, 2.24) is 10.3 Å². The maximum Gasteiger partial charge on any atom is 0.319 e. The highest BCUT2D eigenvalue weighted by molar-refractivity contribution is 7.09. The molecule has 0 unspecified atom stereocenters. The predicted octanol–water partition coefficient (Wildman–Crippen LogP) is 3.26. The van der Waals surface area contributed by atoms with Gasteiger partial charge in [-0.3, -0.25) is 0 Å². The summed E-state index contributed by atoms with van der Waals surface area (Å²) in [5.41, 5.74) is 2.81. The van der Waals surface area contributed by atoms with Crippen molar-refractivity contribution in [3.8, 4) is 11.3 Å². The van der Waals surface area contributed by atoms with Gasteiger partial charge >= 0.3 is 6.03 Å². The van der Waals surface area contributed by atoms with Crippen LogP contribution in [0.15, 0.2) is 29.6 Å². The third-order valence-electron chi connectivity index (χ3n) is 2.39. The average molecular weight is 261 g/mol. The van der Waals surface area contributed by atoms with Gasteiger partial charge in [-0.25, -0.2) is 9.78 Å². The van der Waals surface area contributed by atoms with E-state index in [1.165, 1.54) is 0 Å². The molecule has 0 atom stereocenters. The first kappa shape index (κ1) is 12.6. The first-order chi connectivity index (χ1) is 8.69. The van der Waals surface area contributed by atoms with E-state index in [1.54, 1.807) is 11.3 Å². The van der Waals surface area contributed by atoms with Crippen molar-refractivity contribution in [1.29, 1.82) is 0 Å². The highest BCUT2D eigenvalue weighted by atomic mass is 32.1. The van der Waals surface area contributed by atoms with Crippen molar-refractivity contribution < 1.29 is 4.79 Å². The number of amides is 2. The zero-order valence-electron chi connectivity index (χ0n) is 10.4. The summed E-state index contributed by atoms with van der Waals surface area (Å²) >= 11 is 1.63. The Bertz CT molecular complexity index is 533. The number of nitrogens with zero attached hydrogens (tertiary/aromatic N) is 1. The van der Waals surface area contributed by atoms with Crippen LogP contribution in [0.4, 0.5) is 10.5 Å². The van der Waals surface area contributed by atoms with E-state index >= 15 is 0 Å². The topological polar surface area (TPSA) is 54.0 Å².